The first-order valence-electron chi connectivity index (χ1n) is 5.35. The lowest BCUT2D eigenvalue weighted by molar-refractivity contribution is -0.118. The molecule has 0 aliphatic heterocycles. The summed E-state index contributed by atoms with van der Waals surface area (Å²) < 4.78 is 10.5. The zero-order valence-electron chi connectivity index (χ0n) is 10.3. The van der Waals surface area contributed by atoms with Gasteiger partial charge in [0.2, 0.25) is 0 Å². The molecule has 0 spiro atoms. The molecule has 16 heavy (non-hydrogen) atoms. The zero-order valence-corrected chi connectivity index (χ0v) is 10.3. The molecule has 5 heteroatoms. The Labute approximate surface area is 96.7 Å². The first-order chi connectivity index (χ1) is 7.52. The van der Waals surface area contributed by atoms with Gasteiger partial charge in [0.25, 0.3) is 0 Å². The van der Waals surface area contributed by atoms with Gasteiger partial charge in [0, 0.05) is 12.8 Å². The highest BCUT2D eigenvalue weighted by atomic mass is 16.5. The number of carbonyl (C=O) groups is 2. The summed E-state index contributed by atoms with van der Waals surface area (Å²) in [6.07, 6.45) is 0.887. The van der Waals surface area contributed by atoms with Crippen LogP contribution in [0.25, 0.3) is 0 Å². The van der Waals surface area contributed by atoms with Crippen molar-refractivity contribution in [1.82, 2.24) is 4.90 Å². The summed E-state index contributed by atoms with van der Waals surface area (Å²) in [5, 5.41) is 0. The van der Waals surface area contributed by atoms with Crippen molar-refractivity contribution >= 4 is 11.6 Å². The third-order valence-corrected chi connectivity index (χ3v) is 1.82. The van der Waals surface area contributed by atoms with Crippen LogP contribution in [0.3, 0.4) is 0 Å². The van der Waals surface area contributed by atoms with E-state index >= 15 is 0 Å². The Bertz CT molecular complexity index is 196. The summed E-state index contributed by atoms with van der Waals surface area (Å²) in [6, 6.07) is 0. The second-order valence-electron chi connectivity index (χ2n) is 3.83. The van der Waals surface area contributed by atoms with E-state index in [1.807, 2.05) is 11.9 Å². The number of Topliss-reactive ketones (excluding diaryl/α,β-unsaturated/α-hetero) is 2. The molecule has 94 valence electrons. The van der Waals surface area contributed by atoms with Gasteiger partial charge in [-0.05, 0) is 20.9 Å². The van der Waals surface area contributed by atoms with Gasteiger partial charge in [0.15, 0.2) is 0 Å². The largest absolute Gasteiger partial charge is 0.366 e. The van der Waals surface area contributed by atoms with Gasteiger partial charge in [-0.1, -0.05) is 0 Å². The van der Waals surface area contributed by atoms with Crippen molar-refractivity contribution in [2.24, 2.45) is 0 Å². The fraction of sp³-hybridized carbons (Fsp3) is 0.818. The molecule has 0 saturated carbocycles. The van der Waals surface area contributed by atoms with Gasteiger partial charge in [-0.3, -0.25) is 14.5 Å². The van der Waals surface area contributed by atoms with Crippen LogP contribution < -0.4 is 0 Å². The molecule has 0 atom stereocenters. The van der Waals surface area contributed by atoms with E-state index in [1.54, 1.807) is 0 Å². The molecule has 0 aromatic heterocycles. The normalized spacial score (nSPS) is 10.8. The summed E-state index contributed by atoms with van der Waals surface area (Å²) >= 11 is 0. The highest BCUT2D eigenvalue weighted by Gasteiger charge is 2.00. The number of hydrogen-bond donors (Lipinski definition) is 0. The maximum absolute atomic E-state index is 10.6. The predicted molar refractivity (Wildman–Crippen MR) is 60.0 cm³/mol. The summed E-state index contributed by atoms with van der Waals surface area (Å²) in [4.78, 5) is 23.1. The average Bonchev–Trinajstić information content (AvgIpc) is 2.19. The molecular formula is C11H21NO4. The SMILES string of the molecule is CC(=O)CCOCN(C)COCCC(C)=O. The number of ether oxygens (including phenoxy) is 2. The van der Waals surface area contributed by atoms with Crippen LogP contribution in [0.4, 0.5) is 0 Å². The van der Waals surface area contributed by atoms with Gasteiger partial charge in [0.05, 0.1) is 13.2 Å². The van der Waals surface area contributed by atoms with Crippen LogP contribution in [0, 0.1) is 0 Å². The fourth-order valence-corrected chi connectivity index (χ4v) is 0.910. The van der Waals surface area contributed by atoms with Crippen molar-refractivity contribution in [3.05, 3.63) is 0 Å². The molecule has 0 bridgehead atoms. The van der Waals surface area contributed by atoms with E-state index < -0.39 is 0 Å². The third kappa shape index (κ3) is 11.3. The Balaban J connectivity index is 3.27. The first-order valence-corrected chi connectivity index (χ1v) is 5.35. The molecule has 0 aliphatic rings. The molecule has 0 saturated heterocycles. The number of carbonyl (C=O) groups excluding carboxylic acids is 2. The second kappa shape index (κ2) is 9.45. The lowest BCUT2D eigenvalue weighted by atomic mass is 10.3. The van der Waals surface area contributed by atoms with E-state index in [2.05, 4.69) is 0 Å². The molecule has 0 rings (SSSR count). The Morgan fingerprint density at radius 1 is 0.938 bits per heavy atom. The fourth-order valence-electron chi connectivity index (χ4n) is 0.910. The minimum Gasteiger partial charge on any atom is -0.366 e. The highest BCUT2D eigenvalue weighted by Crippen LogP contribution is 1.90. The highest BCUT2D eigenvalue weighted by molar-refractivity contribution is 5.75. The van der Waals surface area contributed by atoms with Crippen molar-refractivity contribution in [3.8, 4) is 0 Å². The van der Waals surface area contributed by atoms with Crippen molar-refractivity contribution < 1.29 is 19.1 Å². The third-order valence-electron chi connectivity index (χ3n) is 1.82. The summed E-state index contributed by atoms with van der Waals surface area (Å²) in [6.45, 7) is 4.80. The van der Waals surface area contributed by atoms with E-state index in [-0.39, 0.29) is 11.6 Å². The Morgan fingerprint density at radius 2 is 1.31 bits per heavy atom. The molecule has 0 heterocycles. The molecule has 0 radical (unpaired) electrons. The number of rotatable bonds is 10. The quantitative estimate of drug-likeness (QED) is 0.411. The lowest BCUT2D eigenvalue weighted by Crippen LogP contribution is -2.25. The van der Waals surface area contributed by atoms with E-state index in [0.717, 1.165) is 0 Å². The van der Waals surface area contributed by atoms with Gasteiger partial charge in [-0.15, -0.1) is 0 Å². The molecular weight excluding hydrogens is 210 g/mol. The first kappa shape index (κ1) is 15.2. The molecule has 0 aliphatic carbocycles. The molecule has 0 aromatic rings. The van der Waals surface area contributed by atoms with Gasteiger partial charge < -0.3 is 9.47 Å². The Kier molecular flexibility index (Phi) is 8.99. The van der Waals surface area contributed by atoms with Crippen molar-refractivity contribution in [2.75, 3.05) is 33.7 Å². The van der Waals surface area contributed by atoms with Gasteiger partial charge >= 0.3 is 0 Å². The topological polar surface area (TPSA) is 55.8 Å². The Morgan fingerprint density at radius 3 is 1.62 bits per heavy atom. The van der Waals surface area contributed by atoms with Crippen LogP contribution in [0.2, 0.25) is 0 Å². The van der Waals surface area contributed by atoms with E-state index in [0.29, 0.717) is 39.5 Å². The van der Waals surface area contributed by atoms with E-state index in [1.165, 1.54) is 13.8 Å². The minimum atomic E-state index is 0.125. The zero-order chi connectivity index (χ0) is 12.4. The van der Waals surface area contributed by atoms with Gasteiger partial charge in [-0.25, -0.2) is 0 Å². The van der Waals surface area contributed by atoms with Crippen LogP contribution in [0.15, 0.2) is 0 Å². The van der Waals surface area contributed by atoms with Crippen molar-refractivity contribution in [1.29, 1.82) is 0 Å². The minimum absolute atomic E-state index is 0.125. The monoisotopic (exact) mass is 231 g/mol. The maximum Gasteiger partial charge on any atom is 0.132 e. The van der Waals surface area contributed by atoms with Crippen molar-refractivity contribution in [2.45, 2.75) is 26.7 Å². The van der Waals surface area contributed by atoms with Crippen LogP contribution in [0.1, 0.15) is 26.7 Å². The van der Waals surface area contributed by atoms with Gasteiger partial charge in [0.1, 0.15) is 25.0 Å². The van der Waals surface area contributed by atoms with Gasteiger partial charge in [-0.2, -0.15) is 0 Å². The second-order valence-corrected chi connectivity index (χ2v) is 3.83. The van der Waals surface area contributed by atoms with E-state index in [4.69, 9.17) is 9.47 Å². The summed E-state index contributed by atoms with van der Waals surface area (Å²) in [5.74, 6) is 0.251. The van der Waals surface area contributed by atoms with Crippen LogP contribution >= 0.6 is 0 Å². The van der Waals surface area contributed by atoms with Crippen LogP contribution in [0.5, 0.6) is 0 Å². The van der Waals surface area contributed by atoms with Crippen molar-refractivity contribution in [3.63, 3.8) is 0 Å². The molecule has 5 nitrogen and oxygen atoms in total. The van der Waals surface area contributed by atoms with Crippen LogP contribution in [-0.2, 0) is 19.1 Å². The average molecular weight is 231 g/mol. The predicted octanol–water partition coefficient (Wildman–Crippen LogP) is 0.825. The molecule has 0 unspecified atom stereocenters. The molecule has 0 N–H and O–H groups in total. The molecule has 0 amide bonds. The molecule has 0 fully saturated rings. The summed E-state index contributed by atoms with van der Waals surface area (Å²) in [7, 11) is 1.85. The number of hydrogen-bond acceptors (Lipinski definition) is 5. The number of ketones is 2. The maximum atomic E-state index is 10.6. The number of nitrogens with zero attached hydrogens (tertiary/aromatic N) is 1. The lowest BCUT2D eigenvalue weighted by Gasteiger charge is -2.16. The standard InChI is InChI=1S/C11H21NO4/c1-10(13)4-6-15-8-12(3)9-16-7-5-11(2)14/h4-9H2,1-3H3. The smallest absolute Gasteiger partial charge is 0.132 e. The molecule has 0 aromatic carbocycles. The van der Waals surface area contributed by atoms with Crippen LogP contribution in [-0.4, -0.2) is 50.2 Å². The Hall–Kier alpha value is -0.780. The summed E-state index contributed by atoms with van der Waals surface area (Å²) in [5.41, 5.74) is 0. The van der Waals surface area contributed by atoms with E-state index in [9.17, 15) is 9.59 Å².